The zero-order chi connectivity index (χ0) is 26.1. The van der Waals surface area contributed by atoms with E-state index in [-0.39, 0.29) is 11.1 Å². The molecule has 0 spiro atoms. The van der Waals surface area contributed by atoms with Crippen LogP contribution < -0.4 is 16.4 Å². The molecule has 1 aliphatic carbocycles. The Morgan fingerprint density at radius 2 is 1.91 bits per heavy atom. The van der Waals surface area contributed by atoms with Gasteiger partial charge >= 0.3 is 0 Å². The standard InChI is InChI=1S/C24H35N3S.C5H8FN/c1-7-25-14-8-9-22(15-24(4,5)6)18(2)26-16-20-10-12-21(13-11-20)23-19(3)27-17-28-23;1-4(7)5(6)2-3-5/h7,10-13,17,22,25-26H,1-2,8-9,14-16H2,3-6H3;1-3,7H2. The second kappa shape index (κ2) is 12.9. The number of nitrogens with one attached hydrogen (secondary N) is 2. The number of halogens is 1. The number of nitrogens with zero attached hydrogens (tertiary/aromatic N) is 1. The van der Waals surface area contributed by atoms with Crippen molar-refractivity contribution in [2.75, 3.05) is 6.54 Å². The summed E-state index contributed by atoms with van der Waals surface area (Å²) in [6.45, 7) is 22.1. The summed E-state index contributed by atoms with van der Waals surface area (Å²) in [4.78, 5) is 5.60. The summed E-state index contributed by atoms with van der Waals surface area (Å²) in [6.07, 6.45) is 6.30. The summed E-state index contributed by atoms with van der Waals surface area (Å²) in [5.41, 5.74) is 11.0. The van der Waals surface area contributed by atoms with Gasteiger partial charge in [-0.2, -0.15) is 0 Å². The van der Waals surface area contributed by atoms with E-state index in [4.69, 9.17) is 5.73 Å². The summed E-state index contributed by atoms with van der Waals surface area (Å²) in [7, 11) is 0. The van der Waals surface area contributed by atoms with E-state index in [1.54, 1.807) is 17.5 Å². The average molecular weight is 499 g/mol. The Balaban J connectivity index is 0.000000527. The number of nitrogens with two attached hydrogens (primary N) is 1. The van der Waals surface area contributed by atoms with Crippen LogP contribution in [0.1, 0.15) is 64.1 Å². The van der Waals surface area contributed by atoms with E-state index >= 15 is 0 Å². The van der Waals surface area contributed by atoms with Gasteiger partial charge in [0.05, 0.1) is 16.1 Å². The van der Waals surface area contributed by atoms with E-state index in [0.29, 0.717) is 18.8 Å². The van der Waals surface area contributed by atoms with E-state index < -0.39 is 5.67 Å². The van der Waals surface area contributed by atoms with Crippen LogP contribution in [0, 0.1) is 18.3 Å². The molecule has 4 nitrogen and oxygen atoms in total. The van der Waals surface area contributed by atoms with E-state index in [9.17, 15) is 4.39 Å². The van der Waals surface area contributed by atoms with Crippen molar-refractivity contribution in [3.8, 4) is 10.4 Å². The van der Waals surface area contributed by atoms with Gasteiger partial charge in [0.15, 0.2) is 0 Å². The first kappa shape index (κ1) is 28.6. The van der Waals surface area contributed by atoms with Gasteiger partial charge in [-0.15, -0.1) is 11.3 Å². The molecule has 1 fully saturated rings. The summed E-state index contributed by atoms with van der Waals surface area (Å²) in [5, 5.41) is 6.78. The lowest BCUT2D eigenvalue weighted by Gasteiger charge is -2.28. The first-order valence-electron chi connectivity index (χ1n) is 12.4. The van der Waals surface area contributed by atoms with Crippen LogP contribution in [0.5, 0.6) is 0 Å². The van der Waals surface area contributed by atoms with Crippen LogP contribution in [-0.4, -0.2) is 17.2 Å². The largest absolute Gasteiger partial charge is 0.400 e. The molecule has 1 aromatic heterocycles. The van der Waals surface area contributed by atoms with Crippen LogP contribution in [-0.2, 0) is 6.54 Å². The molecule has 35 heavy (non-hydrogen) atoms. The van der Waals surface area contributed by atoms with Gasteiger partial charge in [-0.25, -0.2) is 9.37 Å². The van der Waals surface area contributed by atoms with Crippen LogP contribution in [0.25, 0.3) is 10.4 Å². The number of hydrogen-bond acceptors (Lipinski definition) is 5. The molecule has 1 aliphatic rings. The lowest BCUT2D eigenvalue weighted by molar-refractivity contribution is 0.297. The van der Waals surface area contributed by atoms with E-state index in [0.717, 1.165) is 43.7 Å². The zero-order valence-corrected chi connectivity index (χ0v) is 22.7. The lowest BCUT2D eigenvalue weighted by atomic mass is 9.81. The van der Waals surface area contributed by atoms with Crippen molar-refractivity contribution in [1.29, 1.82) is 0 Å². The van der Waals surface area contributed by atoms with Crippen LogP contribution in [0.3, 0.4) is 0 Å². The third-order valence-electron chi connectivity index (χ3n) is 6.12. The molecule has 0 radical (unpaired) electrons. The van der Waals surface area contributed by atoms with Gasteiger partial charge in [0.1, 0.15) is 5.67 Å². The van der Waals surface area contributed by atoms with Gasteiger partial charge in [0.2, 0.25) is 0 Å². The molecule has 1 aromatic carbocycles. The molecule has 0 amide bonds. The molecule has 1 unspecified atom stereocenters. The maximum absolute atomic E-state index is 12.4. The highest BCUT2D eigenvalue weighted by Crippen LogP contribution is 2.43. The Hall–Kier alpha value is -2.60. The topological polar surface area (TPSA) is 63.0 Å². The maximum Gasteiger partial charge on any atom is 0.149 e. The fourth-order valence-corrected chi connectivity index (χ4v) is 4.65. The highest BCUT2D eigenvalue weighted by molar-refractivity contribution is 7.13. The Kier molecular flexibility index (Phi) is 10.6. The number of benzene rings is 1. The Morgan fingerprint density at radius 3 is 2.37 bits per heavy atom. The molecule has 3 rings (SSSR count). The van der Waals surface area contributed by atoms with Crippen molar-refractivity contribution in [3.05, 3.63) is 78.4 Å². The molecule has 6 heteroatoms. The Morgan fingerprint density at radius 1 is 1.26 bits per heavy atom. The van der Waals surface area contributed by atoms with Gasteiger partial charge < -0.3 is 16.4 Å². The SMILES string of the molecule is C=C(N)C1(F)CC1.C=CNCCCC(CC(C)(C)C)C(=C)NCc1ccc(-c2scnc2C)cc1. The van der Waals surface area contributed by atoms with Crippen LogP contribution in [0.15, 0.2) is 67.1 Å². The number of thiazole rings is 1. The second-order valence-electron chi connectivity index (χ2n) is 10.6. The molecular formula is C29H43FN4S. The first-order chi connectivity index (χ1) is 16.4. The second-order valence-corrected chi connectivity index (χ2v) is 11.5. The zero-order valence-electron chi connectivity index (χ0n) is 21.9. The fourth-order valence-electron chi connectivity index (χ4n) is 3.83. The number of aromatic nitrogens is 1. The number of hydrogen-bond donors (Lipinski definition) is 3. The summed E-state index contributed by atoms with van der Waals surface area (Å²) < 4.78 is 12.4. The highest BCUT2D eigenvalue weighted by Gasteiger charge is 2.44. The van der Waals surface area contributed by atoms with Gasteiger partial charge in [0.25, 0.3) is 0 Å². The van der Waals surface area contributed by atoms with Gasteiger partial charge in [-0.05, 0) is 67.7 Å². The number of allylic oxidation sites excluding steroid dienone is 2. The van der Waals surface area contributed by atoms with Crippen LogP contribution in [0.4, 0.5) is 4.39 Å². The molecule has 1 atom stereocenters. The van der Waals surface area contributed by atoms with Crippen molar-refractivity contribution < 1.29 is 4.39 Å². The van der Waals surface area contributed by atoms with Crippen LogP contribution in [0.2, 0.25) is 0 Å². The number of rotatable bonds is 12. The van der Waals surface area contributed by atoms with E-state index in [1.807, 2.05) is 5.51 Å². The van der Waals surface area contributed by atoms with Crippen molar-refractivity contribution in [3.63, 3.8) is 0 Å². The molecule has 2 aromatic rings. The smallest absolute Gasteiger partial charge is 0.149 e. The fraction of sp³-hybridized carbons (Fsp3) is 0.483. The third-order valence-corrected chi connectivity index (χ3v) is 7.09. The van der Waals surface area contributed by atoms with Crippen molar-refractivity contribution >= 4 is 11.3 Å². The maximum atomic E-state index is 12.4. The Labute approximate surface area is 215 Å². The van der Waals surface area contributed by atoms with E-state index in [1.165, 1.54) is 16.0 Å². The molecule has 0 bridgehead atoms. The van der Waals surface area contributed by atoms with Gasteiger partial charge in [-0.1, -0.05) is 64.8 Å². The van der Waals surface area contributed by atoms with Crippen molar-refractivity contribution in [2.24, 2.45) is 17.1 Å². The minimum Gasteiger partial charge on any atom is -0.400 e. The minimum atomic E-state index is -1.17. The minimum absolute atomic E-state index is 0.188. The molecule has 0 saturated heterocycles. The first-order valence-corrected chi connectivity index (χ1v) is 13.2. The predicted molar refractivity (Wildman–Crippen MR) is 150 cm³/mol. The van der Waals surface area contributed by atoms with Crippen molar-refractivity contribution in [2.45, 2.75) is 72.0 Å². The quantitative estimate of drug-likeness (QED) is 0.270. The highest BCUT2D eigenvalue weighted by atomic mass is 32.1. The van der Waals surface area contributed by atoms with Gasteiger partial charge in [-0.3, -0.25) is 0 Å². The molecule has 1 saturated carbocycles. The lowest BCUT2D eigenvalue weighted by Crippen LogP contribution is -2.24. The third kappa shape index (κ3) is 9.88. The monoisotopic (exact) mass is 498 g/mol. The van der Waals surface area contributed by atoms with Gasteiger partial charge in [0, 0.05) is 24.5 Å². The number of aryl methyl sites for hydroxylation is 1. The summed E-state index contributed by atoms with van der Waals surface area (Å²) in [5.74, 6) is 0.478. The molecule has 1 heterocycles. The van der Waals surface area contributed by atoms with Crippen molar-refractivity contribution in [1.82, 2.24) is 15.6 Å². The van der Waals surface area contributed by atoms with E-state index in [2.05, 4.69) is 87.3 Å². The normalized spacial score (nSPS) is 14.8. The molecular weight excluding hydrogens is 455 g/mol. The average Bonchev–Trinajstić information content (AvgIpc) is 3.42. The number of alkyl halides is 1. The summed E-state index contributed by atoms with van der Waals surface area (Å²) in [6, 6.07) is 8.77. The molecule has 0 aliphatic heterocycles. The Bertz CT molecular complexity index is 967. The summed E-state index contributed by atoms with van der Waals surface area (Å²) >= 11 is 1.69. The van der Waals surface area contributed by atoms with Crippen LogP contribution >= 0.6 is 11.3 Å². The predicted octanol–water partition coefficient (Wildman–Crippen LogP) is 7.25. The molecule has 192 valence electrons. The molecule has 4 N–H and O–H groups in total.